The van der Waals surface area contributed by atoms with Crippen LogP contribution in [0.4, 0.5) is 18.0 Å². The molecule has 2 N–H and O–H groups in total. The predicted molar refractivity (Wildman–Crippen MR) is 152 cm³/mol. The van der Waals surface area contributed by atoms with Gasteiger partial charge in [0.2, 0.25) is 5.62 Å². The molecule has 2 aromatic carbocycles. The summed E-state index contributed by atoms with van der Waals surface area (Å²) in [4.78, 5) is 25.7. The molecule has 13 heteroatoms. The third-order valence-corrected chi connectivity index (χ3v) is 7.87. The number of hydrogen-bond acceptors (Lipinski definition) is 5. The predicted octanol–water partition coefficient (Wildman–Crippen LogP) is 5.50. The van der Waals surface area contributed by atoms with Gasteiger partial charge in [-0.25, -0.2) is 19.7 Å². The SMILES string of the molecule is CC(C)c1ccccc1-c1ncc2c(n1)n(Cc1ccc(-c3nc(C(F)(F)F)cn3C3CN(C(=O)O)C3)cc1)c(=N)n2C. The third-order valence-electron chi connectivity index (χ3n) is 7.87. The molecule has 1 aliphatic rings. The Balaban J connectivity index is 1.33. The van der Waals surface area contributed by atoms with Crippen molar-refractivity contribution in [1.82, 2.24) is 33.6 Å². The van der Waals surface area contributed by atoms with Gasteiger partial charge in [0, 0.05) is 37.5 Å². The number of nitrogens with one attached hydrogen (secondary N) is 1. The number of likely N-dealkylation sites (tertiary alicyclic amines) is 1. The van der Waals surface area contributed by atoms with Crippen molar-refractivity contribution in [2.75, 3.05) is 13.1 Å². The van der Waals surface area contributed by atoms with Crippen LogP contribution in [0, 0.1) is 5.41 Å². The number of benzene rings is 2. The minimum atomic E-state index is -4.64. The Labute approximate surface area is 244 Å². The fraction of sp³-hybridized carbons (Fsp3) is 0.300. The number of carbonyl (C=O) groups is 1. The molecule has 1 amide bonds. The third kappa shape index (κ3) is 5.04. The van der Waals surface area contributed by atoms with Crippen LogP contribution in [0.1, 0.15) is 42.6 Å². The number of nitrogens with zero attached hydrogens (tertiary/aromatic N) is 7. The van der Waals surface area contributed by atoms with Gasteiger partial charge in [-0.2, -0.15) is 13.2 Å². The van der Waals surface area contributed by atoms with Crippen LogP contribution in [0.5, 0.6) is 0 Å². The Hall–Kier alpha value is -4.94. The summed E-state index contributed by atoms with van der Waals surface area (Å²) in [5.74, 6) is 0.956. The Kier molecular flexibility index (Phi) is 6.82. The first-order valence-electron chi connectivity index (χ1n) is 13.7. The van der Waals surface area contributed by atoms with Crippen LogP contribution in [-0.2, 0) is 19.8 Å². The number of hydrogen-bond donors (Lipinski definition) is 2. The van der Waals surface area contributed by atoms with E-state index >= 15 is 0 Å². The van der Waals surface area contributed by atoms with Gasteiger partial charge >= 0.3 is 12.3 Å². The molecule has 0 aliphatic carbocycles. The van der Waals surface area contributed by atoms with Crippen LogP contribution in [0.25, 0.3) is 33.9 Å². The molecule has 0 spiro atoms. The van der Waals surface area contributed by atoms with Crippen molar-refractivity contribution in [3.05, 3.63) is 83.4 Å². The monoisotopic (exact) mass is 590 g/mol. The molecule has 0 bridgehead atoms. The first-order valence-corrected chi connectivity index (χ1v) is 13.7. The van der Waals surface area contributed by atoms with E-state index in [1.165, 1.54) is 4.57 Å². The van der Waals surface area contributed by atoms with Gasteiger partial charge in [0.15, 0.2) is 17.2 Å². The fourth-order valence-electron chi connectivity index (χ4n) is 5.43. The van der Waals surface area contributed by atoms with Crippen molar-refractivity contribution in [3.63, 3.8) is 0 Å². The number of carboxylic acid groups (broad SMARTS) is 1. The van der Waals surface area contributed by atoms with Gasteiger partial charge < -0.3 is 19.1 Å². The lowest BCUT2D eigenvalue weighted by atomic mass is 9.97. The Morgan fingerprint density at radius 1 is 1.09 bits per heavy atom. The smallest absolute Gasteiger partial charge is 0.434 e. The number of imidazole rings is 2. The topological polar surface area (TPSA) is 118 Å². The molecule has 1 saturated heterocycles. The summed E-state index contributed by atoms with van der Waals surface area (Å²) in [5, 5.41) is 17.9. The molecule has 43 heavy (non-hydrogen) atoms. The lowest BCUT2D eigenvalue weighted by Crippen LogP contribution is -2.50. The van der Waals surface area contributed by atoms with E-state index in [1.807, 2.05) is 18.2 Å². The van der Waals surface area contributed by atoms with Crippen molar-refractivity contribution in [1.29, 1.82) is 5.41 Å². The van der Waals surface area contributed by atoms with E-state index < -0.39 is 24.0 Å². The summed E-state index contributed by atoms with van der Waals surface area (Å²) in [6.07, 6.45) is -3.09. The maximum atomic E-state index is 13.5. The fourth-order valence-corrected chi connectivity index (χ4v) is 5.43. The quantitative estimate of drug-likeness (QED) is 0.271. The molecule has 0 atom stereocenters. The van der Waals surface area contributed by atoms with Crippen molar-refractivity contribution >= 4 is 17.3 Å². The van der Waals surface area contributed by atoms with Crippen molar-refractivity contribution in [2.45, 2.75) is 38.5 Å². The highest BCUT2D eigenvalue weighted by Crippen LogP contribution is 2.35. The number of halogens is 3. The first kappa shape index (κ1) is 28.2. The molecule has 4 heterocycles. The zero-order chi connectivity index (χ0) is 30.6. The highest BCUT2D eigenvalue weighted by molar-refractivity contribution is 5.74. The van der Waals surface area contributed by atoms with Crippen LogP contribution in [0.2, 0.25) is 0 Å². The molecule has 0 saturated carbocycles. The molecule has 222 valence electrons. The minimum absolute atomic E-state index is 0.0869. The summed E-state index contributed by atoms with van der Waals surface area (Å²) in [6, 6.07) is 14.5. The van der Waals surface area contributed by atoms with Gasteiger partial charge in [0.1, 0.15) is 11.3 Å². The maximum Gasteiger partial charge on any atom is 0.434 e. The molecular weight excluding hydrogens is 561 g/mol. The van der Waals surface area contributed by atoms with Gasteiger partial charge in [0.25, 0.3) is 0 Å². The molecule has 5 aromatic rings. The van der Waals surface area contributed by atoms with E-state index in [-0.39, 0.29) is 30.5 Å². The molecule has 0 unspecified atom stereocenters. The van der Waals surface area contributed by atoms with E-state index in [1.54, 1.807) is 46.6 Å². The minimum Gasteiger partial charge on any atom is -0.465 e. The summed E-state index contributed by atoms with van der Waals surface area (Å²) in [7, 11) is 1.78. The molecule has 6 rings (SSSR count). The number of amides is 1. The lowest BCUT2D eigenvalue weighted by Gasteiger charge is -2.38. The van der Waals surface area contributed by atoms with Gasteiger partial charge in [-0.05, 0) is 17.0 Å². The summed E-state index contributed by atoms with van der Waals surface area (Å²) in [5.41, 5.74) is 3.82. The normalized spacial score (nSPS) is 14.1. The number of rotatable bonds is 6. The number of fused-ring (bicyclic) bond motifs is 1. The number of aryl methyl sites for hydroxylation is 1. The van der Waals surface area contributed by atoms with Crippen LogP contribution in [0.15, 0.2) is 60.9 Å². The maximum absolute atomic E-state index is 13.5. The average Bonchev–Trinajstić information content (AvgIpc) is 3.48. The zero-order valence-corrected chi connectivity index (χ0v) is 23.7. The van der Waals surface area contributed by atoms with Crippen LogP contribution in [0.3, 0.4) is 0 Å². The molecule has 3 aromatic heterocycles. The number of aromatic nitrogens is 6. The summed E-state index contributed by atoms with van der Waals surface area (Å²) >= 11 is 0. The van der Waals surface area contributed by atoms with E-state index in [2.05, 4.69) is 29.9 Å². The average molecular weight is 591 g/mol. The van der Waals surface area contributed by atoms with Crippen LogP contribution < -0.4 is 5.62 Å². The van der Waals surface area contributed by atoms with Crippen LogP contribution >= 0.6 is 0 Å². The second kappa shape index (κ2) is 10.4. The van der Waals surface area contributed by atoms with Gasteiger partial charge in [-0.1, -0.05) is 62.4 Å². The molecule has 10 nitrogen and oxygen atoms in total. The van der Waals surface area contributed by atoms with E-state index in [0.29, 0.717) is 29.1 Å². The van der Waals surface area contributed by atoms with E-state index in [9.17, 15) is 18.0 Å². The van der Waals surface area contributed by atoms with E-state index in [4.69, 9.17) is 15.5 Å². The molecule has 0 radical (unpaired) electrons. The summed E-state index contributed by atoms with van der Waals surface area (Å²) in [6.45, 7) is 4.70. The Morgan fingerprint density at radius 2 is 1.79 bits per heavy atom. The molecule has 1 aliphatic heterocycles. The van der Waals surface area contributed by atoms with Crippen molar-refractivity contribution in [2.24, 2.45) is 7.05 Å². The van der Waals surface area contributed by atoms with Crippen molar-refractivity contribution in [3.8, 4) is 22.8 Å². The molecular formula is C30H29F3N8O2. The lowest BCUT2D eigenvalue weighted by molar-refractivity contribution is -0.141. The van der Waals surface area contributed by atoms with E-state index in [0.717, 1.165) is 27.8 Å². The first-order chi connectivity index (χ1) is 20.4. The highest BCUT2D eigenvalue weighted by atomic mass is 19.4. The van der Waals surface area contributed by atoms with Gasteiger partial charge in [-0.15, -0.1) is 0 Å². The van der Waals surface area contributed by atoms with Gasteiger partial charge in [-0.3, -0.25) is 9.98 Å². The number of alkyl halides is 3. The van der Waals surface area contributed by atoms with Gasteiger partial charge in [0.05, 0.1) is 18.8 Å². The zero-order valence-electron chi connectivity index (χ0n) is 23.7. The van der Waals surface area contributed by atoms with Crippen molar-refractivity contribution < 1.29 is 23.1 Å². The summed E-state index contributed by atoms with van der Waals surface area (Å²) < 4.78 is 45.5. The Bertz CT molecular complexity index is 1900. The molecule has 1 fully saturated rings. The standard InChI is InChI=1S/C30H29F3N8O2/c1-17(2)21-6-4-5-7-22(21)25-35-12-23-27(37-25)41(28(34)38(23)3)13-18-8-10-19(11-9-18)26-36-24(30(31,32)33)16-40(26)20-14-39(15-20)29(42)43/h4-12,16-17,20,34H,13-15H2,1-3H3,(H,42,43). The van der Waals surface area contributed by atoms with Crippen LogP contribution in [-0.4, -0.2) is 57.8 Å². The second-order valence-corrected chi connectivity index (χ2v) is 11.0. The Morgan fingerprint density at radius 3 is 2.44 bits per heavy atom. The highest BCUT2D eigenvalue weighted by Gasteiger charge is 2.39. The second-order valence-electron chi connectivity index (χ2n) is 11.0. The largest absolute Gasteiger partial charge is 0.465 e.